The Morgan fingerprint density at radius 2 is 1.91 bits per heavy atom. The highest BCUT2D eigenvalue weighted by molar-refractivity contribution is 6.07. The van der Waals surface area contributed by atoms with E-state index in [1.165, 1.54) is 0 Å². The Morgan fingerprint density at radius 1 is 1.09 bits per heavy atom. The van der Waals surface area contributed by atoms with Crippen LogP contribution in [0.5, 0.6) is 5.75 Å². The highest BCUT2D eigenvalue weighted by Gasteiger charge is 2.51. The van der Waals surface area contributed by atoms with Gasteiger partial charge in [-0.1, -0.05) is 30.3 Å². The Bertz CT molecular complexity index is 897. The van der Waals surface area contributed by atoms with Crippen LogP contribution in [0.25, 0.3) is 10.9 Å². The Labute approximate surface area is 134 Å². The molecule has 1 heterocycles. The molecule has 1 aromatic heterocycles. The quantitative estimate of drug-likeness (QED) is 0.679. The summed E-state index contributed by atoms with van der Waals surface area (Å²) in [5.41, 5.74) is 2.23. The van der Waals surface area contributed by atoms with Crippen molar-refractivity contribution in [2.75, 3.05) is 7.11 Å². The topological polar surface area (TPSA) is 39.2 Å². The second-order valence-corrected chi connectivity index (χ2v) is 6.06. The number of aromatic nitrogens is 1. The van der Waals surface area contributed by atoms with Gasteiger partial charge >= 0.3 is 0 Å². The third kappa shape index (κ3) is 2.29. The number of hydrogen-bond donors (Lipinski definition) is 0. The normalized spacial score (nSPS) is 15.3. The lowest BCUT2D eigenvalue weighted by Crippen LogP contribution is -2.20. The molecule has 0 spiro atoms. The Hall–Kier alpha value is -2.68. The van der Waals surface area contributed by atoms with E-state index in [9.17, 15) is 4.79 Å². The molecule has 1 aliphatic carbocycles. The van der Waals surface area contributed by atoms with E-state index in [-0.39, 0.29) is 5.78 Å². The first kappa shape index (κ1) is 13.9. The summed E-state index contributed by atoms with van der Waals surface area (Å²) < 4.78 is 5.30. The third-order valence-electron chi connectivity index (χ3n) is 4.66. The number of ketones is 1. The van der Waals surface area contributed by atoms with Crippen molar-refractivity contribution in [1.29, 1.82) is 0 Å². The molecule has 0 atom stereocenters. The van der Waals surface area contributed by atoms with Crippen molar-refractivity contribution < 1.29 is 9.53 Å². The zero-order valence-corrected chi connectivity index (χ0v) is 13.0. The van der Waals surface area contributed by atoms with Gasteiger partial charge in [0.1, 0.15) is 5.75 Å². The first-order valence-electron chi connectivity index (χ1n) is 7.77. The number of pyridine rings is 1. The van der Waals surface area contributed by atoms with E-state index < -0.39 is 5.41 Å². The van der Waals surface area contributed by atoms with E-state index in [0.717, 1.165) is 35.1 Å². The van der Waals surface area contributed by atoms with E-state index in [2.05, 4.69) is 4.98 Å². The molecule has 1 saturated carbocycles. The number of benzene rings is 2. The van der Waals surface area contributed by atoms with Crippen molar-refractivity contribution in [3.8, 4) is 5.75 Å². The number of carbonyl (C=O) groups is 1. The molecule has 1 aliphatic rings. The summed E-state index contributed by atoms with van der Waals surface area (Å²) in [5, 5.41) is 1.000. The monoisotopic (exact) mass is 303 g/mol. The summed E-state index contributed by atoms with van der Waals surface area (Å²) in [6.45, 7) is 0. The molecule has 4 rings (SSSR count). The lowest BCUT2D eigenvalue weighted by molar-refractivity contribution is 0.0946. The van der Waals surface area contributed by atoms with E-state index in [4.69, 9.17) is 4.74 Å². The minimum atomic E-state index is -0.404. The van der Waals surface area contributed by atoms with Gasteiger partial charge in [-0.15, -0.1) is 0 Å². The predicted molar refractivity (Wildman–Crippen MR) is 90.0 cm³/mol. The van der Waals surface area contributed by atoms with Gasteiger partial charge in [-0.3, -0.25) is 9.78 Å². The highest BCUT2D eigenvalue weighted by atomic mass is 16.5. The molecule has 23 heavy (non-hydrogen) atoms. The summed E-state index contributed by atoms with van der Waals surface area (Å²) in [6.07, 6.45) is 3.46. The molecular weight excluding hydrogens is 286 g/mol. The van der Waals surface area contributed by atoms with Crippen molar-refractivity contribution in [2.24, 2.45) is 0 Å². The van der Waals surface area contributed by atoms with Crippen LogP contribution >= 0.6 is 0 Å². The number of rotatable bonds is 4. The average molecular weight is 303 g/mol. The molecule has 0 saturated heterocycles. The van der Waals surface area contributed by atoms with Crippen molar-refractivity contribution in [2.45, 2.75) is 18.3 Å². The molecule has 3 aromatic rings. The van der Waals surface area contributed by atoms with Crippen LogP contribution in [0.3, 0.4) is 0 Å². The van der Waals surface area contributed by atoms with Crippen LogP contribution in [0.2, 0.25) is 0 Å². The number of hydrogen-bond acceptors (Lipinski definition) is 3. The van der Waals surface area contributed by atoms with Crippen molar-refractivity contribution in [3.05, 3.63) is 71.9 Å². The molecule has 3 heteroatoms. The van der Waals surface area contributed by atoms with Crippen LogP contribution in [0.1, 0.15) is 28.8 Å². The molecule has 0 unspecified atom stereocenters. The van der Waals surface area contributed by atoms with Gasteiger partial charge in [0.25, 0.3) is 0 Å². The zero-order chi connectivity index (χ0) is 15.9. The van der Waals surface area contributed by atoms with Gasteiger partial charge in [0.2, 0.25) is 0 Å². The number of Topliss-reactive ketones (excluding diaryl/α,β-unsaturated/α-hetero) is 1. The summed E-state index contributed by atoms with van der Waals surface area (Å²) in [6, 6.07) is 17.7. The molecule has 0 N–H and O–H groups in total. The van der Waals surface area contributed by atoms with Crippen molar-refractivity contribution >= 4 is 16.7 Å². The molecule has 2 aromatic carbocycles. The van der Waals surface area contributed by atoms with Gasteiger partial charge in [-0.05, 0) is 42.7 Å². The molecule has 0 radical (unpaired) electrons. The summed E-state index contributed by atoms with van der Waals surface area (Å²) in [4.78, 5) is 17.5. The second-order valence-electron chi connectivity index (χ2n) is 6.06. The van der Waals surface area contributed by atoms with E-state index in [0.29, 0.717) is 5.56 Å². The molecule has 0 bridgehead atoms. The second kappa shape index (κ2) is 5.20. The van der Waals surface area contributed by atoms with Crippen LogP contribution in [-0.2, 0) is 5.41 Å². The van der Waals surface area contributed by atoms with Gasteiger partial charge < -0.3 is 4.74 Å². The summed E-state index contributed by atoms with van der Waals surface area (Å²) in [7, 11) is 1.65. The smallest absolute Gasteiger partial charge is 0.174 e. The minimum absolute atomic E-state index is 0.156. The lowest BCUT2D eigenvalue weighted by Gasteiger charge is -2.15. The van der Waals surface area contributed by atoms with Gasteiger partial charge in [-0.25, -0.2) is 0 Å². The standard InChI is InChI=1S/C20H17NO2/c1-23-17-7-4-6-16(12-17)20(9-10-20)19(22)15-11-14-5-2-3-8-18(14)21-13-15/h2-8,11-13H,9-10H2,1H3. The molecule has 3 nitrogen and oxygen atoms in total. The van der Waals surface area contributed by atoms with Crippen LogP contribution in [0, 0.1) is 0 Å². The molecular formula is C20H17NO2. The van der Waals surface area contributed by atoms with Crippen LogP contribution in [-0.4, -0.2) is 17.9 Å². The van der Waals surface area contributed by atoms with E-state index >= 15 is 0 Å². The Kier molecular flexibility index (Phi) is 3.15. The van der Waals surface area contributed by atoms with Crippen molar-refractivity contribution in [1.82, 2.24) is 4.98 Å². The summed E-state index contributed by atoms with van der Waals surface area (Å²) >= 11 is 0. The number of fused-ring (bicyclic) bond motifs is 1. The third-order valence-corrected chi connectivity index (χ3v) is 4.66. The first-order chi connectivity index (χ1) is 11.2. The van der Waals surface area contributed by atoms with Crippen LogP contribution < -0.4 is 4.74 Å². The predicted octanol–water partition coefficient (Wildman–Crippen LogP) is 4.16. The molecule has 114 valence electrons. The van der Waals surface area contributed by atoms with Gasteiger partial charge in [0, 0.05) is 17.1 Å². The molecule has 0 amide bonds. The Morgan fingerprint density at radius 3 is 2.70 bits per heavy atom. The first-order valence-corrected chi connectivity index (χ1v) is 7.77. The van der Waals surface area contributed by atoms with E-state index in [1.807, 2.05) is 54.6 Å². The zero-order valence-electron chi connectivity index (χ0n) is 13.0. The molecule has 1 fully saturated rings. The van der Waals surface area contributed by atoms with Gasteiger partial charge in [0.15, 0.2) is 5.78 Å². The number of para-hydroxylation sites is 1. The Balaban J connectivity index is 1.74. The van der Waals surface area contributed by atoms with Crippen molar-refractivity contribution in [3.63, 3.8) is 0 Å². The minimum Gasteiger partial charge on any atom is -0.497 e. The maximum Gasteiger partial charge on any atom is 0.174 e. The highest BCUT2D eigenvalue weighted by Crippen LogP contribution is 2.51. The number of nitrogens with zero attached hydrogens (tertiary/aromatic N) is 1. The fourth-order valence-electron chi connectivity index (χ4n) is 3.16. The fraction of sp³-hybridized carbons (Fsp3) is 0.200. The summed E-state index contributed by atoms with van der Waals surface area (Å²) in [5.74, 6) is 0.946. The maximum atomic E-state index is 13.1. The van der Waals surface area contributed by atoms with Gasteiger partial charge in [-0.2, -0.15) is 0 Å². The average Bonchev–Trinajstić information content (AvgIpc) is 3.42. The number of carbonyl (C=O) groups excluding carboxylic acids is 1. The largest absolute Gasteiger partial charge is 0.497 e. The lowest BCUT2D eigenvalue weighted by atomic mass is 9.87. The van der Waals surface area contributed by atoms with Crippen LogP contribution in [0.15, 0.2) is 60.8 Å². The molecule has 0 aliphatic heterocycles. The van der Waals surface area contributed by atoms with Crippen LogP contribution in [0.4, 0.5) is 0 Å². The fourth-order valence-corrected chi connectivity index (χ4v) is 3.16. The van der Waals surface area contributed by atoms with E-state index in [1.54, 1.807) is 13.3 Å². The SMILES string of the molecule is COc1cccc(C2(C(=O)c3cnc4ccccc4c3)CC2)c1. The number of ether oxygens (including phenoxy) is 1. The maximum absolute atomic E-state index is 13.1. The number of methoxy groups -OCH3 is 1. The van der Waals surface area contributed by atoms with Gasteiger partial charge in [0.05, 0.1) is 18.0 Å².